The molecule has 0 radical (unpaired) electrons. The number of hydrogen-bond donors (Lipinski definition) is 1. The molecule has 3 unspecified atom stereocenters. The maximum atomic E-state index is 13.1. The Kier molecular flexibility index (Phi) is 8.90. The first-order valence-electron chi connectivity index (χ1n) is 12.7. The van der Waals surface area contributed by atoms with Gasteiger partial charge in [0, 0.05) is 24.9 Å². The molecule has 0 bridgehead atoms. The summed E-state index contributed by atoms with van der Waals surface area (Å²) in [5.74, 6) is -1.65. The van der Waals surface area contributed by atoms with E-state index in [0.717, 1.165) is 0 Å². The highest BCUT2D eigenvalue weighted by Crippen LogP contribution is 2.37. The van der Waals surface area contributed by atoms with Crippen molar-refractivity contribution in [2.75, 3.05) is 19.8 Å². The lowest BCUT2D eigenvalue weighted by atomic mass is 9.89. The molecule has 222 valence electrons. The van der Waals surface area contributed by atoms with Crippen LogP contribution in [0.1, 0.15) is 36.0 Å². The molecule has 3 saturated heterocycles. The first-order valence-corrected chi connectivity index (χ1v) is 12.7. The number of piperidine rings is 1. The number of halogens is 7. The lowest BCUT2D eigenvalue weighted by Crippen LogP contribution is -2.47. The highest BCUT2D eigenvalue weighted by atomic mass is 19.4. The van der Waals surface area contributed by atoms with Gasteiger partial charge in [-0.25, -0.2) is 4.39 Å². The van der Waals surface area contributed by atoms with Gasteiger partial charge in [-0.15, -0.1) is 0 Å². The first-order chi connectivity index (χ1) is 19.2. The minimum atomic E-state index is -4.95. The topological polar surface area (TPSA) is 79.0 Å². The summed E-state index contributed by atoms with van der Waals surface area (Å²) in [4.78, 5) is 39.4. The van der Waals surface area contributed by atoms with Crippen LogP contribution < -0.4 is 5.32 Å². The Morgan fingerprint density at radius 3 is 2.10 bits per heavy atom. The van der Waals surface area contributed by atoms with Crippen molar-refractivity contribution in [1.29, 1.82) is 0 Å². The Labute approximate surface area is 230 Å². The van der Waals surface area contributed by atoms with E-state index in [9.17, 15) is 45.1 Å². The summed E-state index contributed by atoms with van der Waals surface area (Å²) in [5, 5.41) is 2.52. The summed E-state index contributed by atoms with van der Waals surface area (Å²) < 4.78 is 95.8. The Balaban J connectivity index is 0.000000483. The van der Waals surface area contributed by atoms with Crippen LogP contribution >= 0.6 is 0 Å². The lowest BCUT2D eigenvalue weighted by molar-refractivity contribution is -0.146. The second-order valence-corrected chi connectivity index (χ2v) is 10.0. The standard InChI is InChI=1S/C21H21F6N3O4.C6H5F/c22-20(23,24)13-1-11(2-14(5-13)21(25,26)27)9-34-16-6-15-3-12(4-18(32)30(15)7-16)19(33)29-8-17(31)28-10-29;7-6-4-2-1-3-5-6/h1-2,5,12,15-16H,3-4,6-10H2,(H,28,31);1-5H. The van der Waals surface area contributed by atoms with Crippen molar-refractivity contribution < 1.29 is 49.9 Å². The molecule has 0 spiro atoms. The number of rotatable bonds is 4. The third kappa shape index (κ3) is 7.75. The number of carbonyl (C=O) groups excluding carboxylic acids is 3. The van der Waals surface area contributed by atoms with Crippen molar-refractivity contribution >= 4 is 17.7 Å². The van der Waals surface area contributed by atoms with Gasteiger partial charge >= 0.3 is 12.4 Å². The van der Waals surface area contributed by atoms with Crippen LogP contribution in [0, 0.1) is 11.7 Å². The molecule has 41 heavy (non-hydrogen) atoms. The van der Waals surface area contributed by atoms with Gasteiger partial charge in [0.25, 0.3) is 0 Å². The molecule has 0 saturated carbocycles. The largest absolute Gasteiger partial charge is 0.416 e. The fraction of sp³-hybridized carbons (Fsp3) is 0.444. The van der Waals surface area contributed by atoms with Gasteiger partial charge in [-0.05, 0) is 48.7 Å². The van der Waals surface area contributed by atoms with E-state index in [0.29, 0.717) is 25.0 Å². The van der Waals surface area contributed by atoms with Gasteiger partial charge in [0.1, 0.15) is 12.4 Å². The fourth-order valence-electron chi connectivity index (χ4n) is 5.07. The lowest BCUT2D eigenvalue weighted by Gasteiger charge is -2.34. The number of ether oxygens (including phenoxy) is 1. The van der Waals surface area contributed by atoms with Crippen molar-refractivity contribution in [3.63, 3.8) is 0 Å². The quantitative estimate of drug-likeness (QED) is 0.538. The molecule has 7 nitrogen and oxygen atoms in total. The second kappa shape index (κ2) is 12.0. The predicted molar refractivity (Wildman–Crippen MR) is 129 cm³/mol. The molecular weight excluding hydrogens is 563 g/mol. The third-order valence-corrected chi connectivity index (χ3v) is 7.00. The van der Waals surface area contributed by atoms with Crippen LogP contribution in [0.3, 0.4) is 0 Å². The summed E-state index contributed by atoms with van der Waals surface area (Å²) in [6.07, 6.45) is -9.88. The molecule has 3 amide bonds. The van der Waals surface area contributed by atoms with Crippen LogP contribution in [0.2, 0.25) is 0 Å². The van der Waals surface area contributed by atoms with Gasteiger partial charge in [0.05, 0.1) is 30.5 Å². The number of nitrogens with zero attached hydrogens (tertiary/aromatic N) is 2. The van der Waals surface area contributed by atoms with Crippen molar-refractivity contribution in [2.45, 2.75) is 50.4 Å². The number of amides is 3. The molecule has 3 aliphatic rings. The van der Waals surface area contributed by atoms with Gasteiger partial charge in [-0.3, -0.25) is 14.4 Å². The van der Waals surface area contributed by atoms with Gasteiger partial charge < -0.3 is 19.9 Å². The maximum absolute atomic E-state index is 13.1. The predicted octanol–water partition coefficient (Wildman–Crippen LogP) is 4.36. The zero-order chi connectivity index (χ0) is 29.9. The molecule has 3 aliphatic heterocycles. The van der Waals surface area contributed by atoms with E-state index < -0.39 is 42.1 Å². The third-order valence-electron chi connectivity index (χ3n) is 7.00. The molecule has 3 fully saturated rings. The van der Waals surface area contributed by atoms with E-state index in [1.54, 1.807) is 18.2 Å². The van der Waals surface area contributed by atoms with Gasteiger partial charge in [0.2, 0.25) is 17.7 Å². The molecule has 0 aromatic heterocycles. The summed E-state index contributed by atoms with van der Waals surface area (Å²) >= 11 is 0. The van der Waals surface area contributed by atoms with Crippen molar-refractivity contribution in [2.24, 2.45) is 5.92 Å². The van der Waals surface area contributed by atoms with E-state index in [1.807, 2.05) is 0 Å². The maximum Gasteiger partial charge on any atom is 0.416 e. The smallest absolute Gasteiger partial charge is 0.372 e. The fourth-order valence-corrected chi connectivity index (χ4v) is 5.07. The Hall–Kier alpha value is -3.68. The summed E-state index contributed by atoms with van der Waals surface area (Å²) in [6.45, 7) is -0.338. The number of carbonyl (C=O) groups is 3. The first kappa shape index (κ1) is 30.3. The molecule has 1 N–H and O–H groups in total. The zero-order valence-corrected chi connectivity index (χ0v) is 21.5. The minimum absolute atomic E-state index is 0.0324. The molecule has 2 aromatic rings. The molecule has 0 aliphatic carbocycles. The Morgan fingerprint density at radius 1 is 0.951 bits per heavy atom. The summed E-state index contributed by atoms with van der Waals surface area (Å²) in [6, 6.07) is 8.89. The van der Waals surface area contributed by atoms with Crippen LogP contribution in [0.25, 0.3) is 0 Å². The van der Waals surface area contributed by atoms with E-state index in [1.165, 1.54) is 21.9 Å². The van der Waals surface area contributed by atoms with Crippen molar-refractivity contribution in [3.05, 3.63) is 71.0 Å². The van der Waals surface area contributed by atoms with Gasteiger partial charge in [0.15, 0.2) is 0 Å². The number of benzene rings is 2. The van der Waals surface area contributed by atoms with Gasteiger partial charge in [-0.2, -0.15) is 26.3 Å². The van der Waals surface area contributed by atoms with Crippen LogP contribution in [-0.4, -0.2) is 59.4 Å². The van der Waals surface area contributed by atoms with Crippen LogP contribution in [-0.2, 0) is 38.1 Å². The van der Waals surface area contributed by atoms with Gasteiger partial charge in [-0.1, -0.05) is 18.2 Å². The Morgan fingerprint density at radius 2 is 1.59 bits per heavy atom. The molecule has 2 aromatic carbocycles. The number of fused-ring (bicyclic) bond motifs is 1. The monoisotopic (exact) mass is 589 g/mol. The number of nitrogens with one attached hydrogen (secondary N) is 1. The Bertz CT molecular complexity index is 1240. The van der Waals surface area contributed by atoms with Crippen LogP contribution in [0.4, 0.5) is 30.7 Å². The van der Waals surface area contributed by atoms with E-state index in [-0.39, 0.29) is 67.4 Å². The average Bonchev–Trinajstić information content (AvgIpc) is 3.53. The normalized spacial score (nSPS) is 22.7. The van der Waals surface area contributed by atoms with Crippen molar-refractivity contribution in [1.82, 2.24) is 15.1 Å². The molecule has 14 heteroatoms. The number of hydrogen-bond acceptors (Lipinski definition) is 4. The van der Waals surface area contributed by atoms with E-state index in [4.69, 9.17) is 4.74 Å². The van der Waals surface area contributed by atoms with E-state index >= 15 is 0 Å². The highest BCUT2D eigenvalue weighted by molar-refractivity contribution is 5.91. The minimum Gasteiger partial charge on any atom is -0.372 e. The van der Waals surface area contributed by atoms with Crippen LogP contribution in [0.5, 0.6) is 0 Å². The molecule has 3 atom stereocenters. The number of alkyl halides is 6. The summed E-state index contributed by atoms with van der Waals surface area (Å²) in [5.41, 5.74) is -3.12. The highest BCUT2D eigenvalue weighted by Gasteiger charge is 2.45. The second-order valence-electron chi connectivity index (χ2n) is 10.0. The van der Waals surface area contributed by atoms with E-state index in [2.05, 4.69) is 5.32 Å². The zero-order valence-electron chi connectivity index (χ0n) is 21.5. The molecule has 5 rings (SSSR count). The van der Waals surface area contributed by atoms with Crippen LogP contribution in [0.15, 0.2) is 48.5 Å². The SMILES string of the molecule is Fc1ccccc1.O=C1CN(C(=O)C2CC(=O)N3CC(OCc4cc(C(F)(F)F)cc(C(F)(F)F)c4)CC3C2)CN1. The molecule has 3 heterocycles. The molecular formula is C27H26F7N3O4. The summed E-state index contributed by atoms with van der Waals surface area (Å²) in [7, 11) is 0. The van der Waals surface area contributed by atoms with Crippen molar-refractivity contribution in [3.8, 4) is 0 Å². The average molecular weight is 590 g/mol.